The Hall–Kier alpha value is -3.40. The highest BCUT2D eigenvalue weighted by Crippen LogP contribution is 2.60. The molecule has 0 unspecified atom stereocenters. The van der Waals surface area contributed by atoms with Crippen LogP contribution in [-0.2, 0) is 9.59 Å². The van der Waals surface area contributed by atoms with E-state index in [1.54, 1.807) is 0 Å². The molecular formula is C31H32N2O2. The minimum Gasteiger partial charge on any atom is -0.326 e. The van der Waals surface area contributed by atoms with E-state index in [-0.39, 0.29) is 17.2 Å². The second-order valence-corrected chi connectivity index (χ2v) is 11.0. The first-order chi connectivity index (χ1) is 17.1. The van der Waals surface area contributed by atoms with E-state index in [2.05, 4.69) is 10.6 Å². The number of hydrogen-bond acceptors (Lipinski definition) is 2. The normalized spacial score (nSPS) is 26.5. The topological polar surface area (TPSA) is 58.2 Å². The number of carbonyl (C=O) groups is 2. The Labute approximate surface area is 207 Å². The summed E-state index contributed by atoms with van der Waals surface area (Å²) in [6.45, 7) is 0. The van der Waals surface area contributed by atoms with Crippen LogP contribution in [0, 0.1) is 23.2 Å². The van der Waals surface area contributed by atoms with Crippen LogP contribution >= 0.6 is 0 Å². The van der Waals surface area contributed by atoms with Crippen LogP contribution in [-0.4, -0.2) is 11.8 Å². The number of nitrogens with one attached hydrogen (secondary N) is 2. The first-order valence-corrected chi connectivity index (χ1v) is 12.9. The molecule has 0 aromatic heterocycles. The van der Waals surface area contributed by atoms with Crippen molar-refractivity contribution >= 4 is 23.2 Å². The fourth-order valence-corrected chi connectivity index (χ4v) is 7.29. The molecule has 2 N–H and O–H groups in total. The lowest BCUT2D eigenvalue weighted by Gasteiger charge is -2.55. The maximum Gasteiger partial charge on any atom is 0.236 e. The van der Waals surface area contributed by atoms with Crippen LogP contribution in [0.2, 0.25) is 0 Å². The summed E-state index contributed by atoms with van der Waals surface area (Å²) in [5.41, 5.74) is 3.26. The third kappa shape index (κ3) is 4.38. The van der Waals surface area contributed by atoms with E-state index in [4.69, 9.17) is 0 Å². The van der Waals surface area contributed by atoms with Gasteiger partial charge in [-0.05, 0) is 91.7 Å². The summed E-state index contributed by atoms with van der Waals surface area (Å²) in [4.78, 5) is 26.7. The molecule has 0 saturated heterocycles. The molecule has 4 fully saturated rings. The minimum absolute atomic E-state index is 0.0762. The first kappa shape index (κ1) is 22.1. The van der Waals surface area contributed by atoms with Crippen molar-refractivity contribution in [2.24, 2.45) is 23.2 Å². The van der Waals surface area contributed by atoms with E-state index < -0.39 is 5.92 Å². The molecule has 4 nitrogen and oxygen atoms in total. The van der Waals surface area contributed by atoms with Gasteiger partial charge in [0.15, 0.2) is 0 Å². The van der Waals surface area contributed by atoms with Crippen molar-refractivity contribution in [3.8, 4) is 0 Å². The molecule has 4 bridgehead atoms. The lowest BCUT2D eigenvalue weighted by atomic mass is 9.49. The Morgan fingerprint density at radius 2 is 1.06 bits per heavy atom. The van der Waals surface area contributed by atoms with E-state index in [9.17, 15) is 9.59 Å². The Morgan fingerprint density at radius 1 is 0.629 bits per heavy atom. The van der Waals surface area contributed by atoms with Gasteiger partial charge in [0.25, 0.3) is 0 Å². The Kier molecular flexibility index (Phi) is 5.68. The van der Waals surface area contributed by atoms with Crippen LogP contribution < -0.4 is 10.6 Å². The number of hydrogen-bond donors (Lipinski definition) is 2. The van der Waals surface area contributed by atoms with Crippen LogP contribution in [0.4, 0.5) is 11.4 Å². The number of rotatable bonds is 6. The van der Waals surface area contributed by atoms with Gasteiger partial charge in [0, 0.05) is 11.4 Å². The lowest BCUT2D eigenvalue weighted by molar-refractivity contribution is -0.140. The fourth-order valence-electron chi connectivity index (χ4n) is 7.29. The maximum atomic E-state index is 13.4. The SMILES string of the molecule is O=C(Nc1ccc(NC(=O)C23CC4CC(CC(C4)C2)C3)cc1)C(c1ccccc1)c1ccccc1. The number of carbonyl (C=O) groups excluding carboxylic acids is 2. The van der Waals surface area contributed by atoms with E-state index in [0.29, 0.717) is 0 Å². The molecular weight excluding hydrogens is 432 g/mol. The molecule has 178 valence electrons. The second kappa shape index (κ2) is 8.99. The Bertz CT molecular complexity index is 1130. The second-order valence-electron chi connectivity index (χ2n) is 11.0. The number of benzene rings is 3. The first-order valence-electron chi connectivity index (χ1n) is 12.9. The average molecular weight is 465 g/mol. The molecule has 7 rings (SSSR count). The van der Waals surface area contributed by atoms with Gasteiger partial charge in [-0.25, -0.2) is 0 Å². The predicted octanol–water partition coefficient (Wildman–Crippen LogP) is 6.61. The Morgan fingerprint density at radius 3 is 1.51 bits per heavy atom. The van der Waals surface area contributed by atoms with E-state index in [1.165, 1.54) is 19.3 Å². The number of amides is 2. The molecule has 0 spiro atoms. The molecule has 0 heterocycles. The largest absolute Gasteiger partial charge is 0.326 e. The van der Waals surface area contributed by atoms with Gasteiger partial charge in [-0.2, -0.15) is 0 Å². The summed E-state index contributed by atoms with van der Waals surface area (Å²) in [5.74, 6) is 1.95. The van der Waals surface area contributed by atoms with Crippen LogP contribution in [0.1, 0.15) is 55.6 Å². The molecule has 0 radical (unpaired) electrons. The molecule has 3 aromatic carbocycles. The fraction of sp³-hybridized carbons (Fsp3) is 0.355. The van der Waals surface area contributed by atoms with Gasteiger partial charge in [0.1, 0.15) is 0 Å². The van der Waals surface area contributed by atoms with Crippen LogP contribution in [0.15, 0.2) is 84.9 Å². The van der Waals surface area contributed by atoms with E-state index in [0.717, 1.165) is 59.5 Å². The Balaban J connectivity index is 1.15. The van der Waals surface area contributed by atoms with Crippen molar-refractivity contribution in [2.45, 2.75) is 44.4 Å². The average Bonchev–Trinajstić information content (AvgIpc) is 2.86. The third-order valence-electron chi connectivity index (χ3n) is 8.46. The van der Waals surface area contributed by atoms with Crippen molar-refractivity contribution in [3.63, 3.8) is 0 Å². The van der Waals surface area contributed by atoms with Gasteiger partial charge in [0.2, 0.25) is 11.8 Å². The zero-order valence-corrected chi connectivity index (χ0v) is 20.0. The molecule has 35 heavy (non-hydrogen) atoms. The van der Waals surface area contributed by atoms with E-state index in [1.807, 2.05) is 84.9 Å². The van der Waals surface area contributed by atoms with Crippen molar-refractivity contribution in [1.82, 2.24) is 0 Å². The lowest BCUT2D eigenvalue weighted by Crippen LogP contribution is -2.51. The summed E-state index contributed by atoms with van der Waals surface area (Å²) in [5, 5.41) is 6.28. The zero-order valence-electron chi connectivity index (χ0n) is 20.0. The number of anilines is 2. The smallest absolute Gasteiger partial charge is 0.236 e. The van der Waals surface area contributed by atoms with Crippen molar-refractivity contribution < 1.29 is 9.59 Å². The summed E-state index contributed by atoms with van der Waals surface area (Å²) in [7, 11) is 0. The van der Waals surface area contributed by atoms with Crippen LogP contribution in [0.3, 0.4) is 0 Å². The quantitative estimate of drug-likeness (QED) is 0.431. The monoisotopic (exact) mass is 464 g/mol. The summed E-state index contributed by atoms with van der Waals surface area (Å²) in [6.07, 6.45) is 7.15. The highest BCUT2D eigenvalue weighted by molar-refractivity contribution is 5.99. The van der Waals surface area contributed by atoms with Crippen LogP contribution in [0.25, 0.3) is 0 Å². The van der Waals surface area contributed by atoms with Crippen molar-refractivity contribution in [3.05, 3.63) is 96.1 Å². The molecule has 4 aliphatic rings. The van der Waals surface area contributed by atoms with Gasteiger partial charge in [-0.1, -0.05) is 60.7 Å². The maximum absolute atomic E-state index is 13.4. The predicted molar refractivity (Wildman–Crippen MR) is 139 cm³/mol. The standard InChI is InChI=1S/C31H32N2O2/c34-29(28(24-7-3-1-4-8-24)25-9-5-2-6-10-25)32-26-11-13-27(14-12-26)33-30(35)31-18-21-15-22(19-31)17-23(16-21)20-31/h1-14,21-23,28H,15-20H2,(H,32,34)(H,33,35). The summed E-state index contributed by atoms with van der Waals surface area (Å²) >= 11 is 0. The highest BCUT2D eigenvalue weighted by atomic mass is 16.2. The minimum atomic E-state index is -0.395. The molecule has 4 saturated carbocycles. The van der Waals surface area contributed by atoms with Gasteiger partial charge >= 0.3 is 0 Å². The highest BCUT2D eigenvalue weighted by Gasteiger charge is 2.54. The van der Waals surface area contributed by atoms with Gasteiger partial charge in [-0.3, -0.25) is 9.59 Å². The van der Waals surface area contributed by atoms with Gasteiger partial charge in [0.05, 0.1) is 11.3 Å². The molecule has 4 aliphatic carbocycles. The van der Waals surface area contributed by atoms with Gasteiger partial charge < -0.3 is 10.6 Å². The third-order valence-corrected chi connectivity index (χ3v) is 8.46. The van der Waals surface area contributed by atoms with Crippen LogP contribution in [0.5, 0.6) is 0 Å². The molecule has 2 amide bonds. The summed E-state index contributed by atoms with van der Waals surface area (Å²) in [6, 6.07) is 27.2. The molecule has 4 heteroatoms. The molecule has 0 atom stereocenters. The molecule has 0 aliphatic heterocycles. The zero-order chi connectivity index (χ0) is 23.8. The van der Waals surface area contributed by atoms with Crippen molar-refractivity contribution in [2.75, 3.05) is 10.6 Å². The van der Waals surface area contributed by atoms with Gasteiger partial charge in [-0.15, -0.1) is 0 Å². The molecule has 3 aromatic rings. The summed E-state index contributed by atoms with van der Waals surface area (Å²) < 4.78 is 0. The van der Waals surface area contributed by atoms with E-state index >= 15 is 0 Å². The van der Waals surface area contributed by atoms with Crippen molar-refractivity contribution in [1.29, 1.82) is 0 Å².